The minimum Gasteiger partial charge on any atom is -0.504 e. The van der Waals surface area contributed by atoms with Gasteiger partial charge in [-0.1, -0.05) is 17.7 Å². The van der Waals surface area contributed by atoms with Crippen molar-refractivity contribution in [3.05, 3.63) is 47.0 Å². The Kier molecular flexibility index (Phi) is 6.48. The van der Waals surface area contributed by atoms with Gasteiger partial charge in [0.2, 0.25) is 0 Å². The Morgan fingerprint density at radius 2 is 1.59 bits per heavy atom. The summed E-state index contributed by atoms with van der Waals surface area (Å²) in [6, 6.07) is 7.72. The predicted octanol–water partition coefficient (Wildman–Crippen LogP) is 1.35. The number of phenolic OH excluding ortho intramolecular Hbond substituents is 3. The fourth-order valence-electron chi connectivity index (χ4n) is 2.37. The molecule has 0 bridgehead atoms. The number of phenols is 3. The number of rotatable bonds is 7. The Hall–Kier alpha value is -3.42. The third kappa shape index (κ3) is 5.53. The largest absolute Gasteiger partial charge is 0.504 e. The summed E-state index contributed by atoms with van der Waals surface area (Å²) < 4.78 is 5.46. The van der Waals surface area contributed by atoms with Crippen molar-refractivity contribution >= 4 is 11.8 Å². The SMILES string of the molecule is Cc1ccc(OCC(=O)NCCNC(=O)c2cc(O)c(O)c(O)c2)c(C)c1. The summed E-state index contributed by atoms with van der Waals surface area (Å²) in [6.45, 7) is 4.04. The van der Waals surface area contributed by atoms with Crippen LogP contribution in [0.25, 0.3) is 0 Å². The summed E-state index contributed by atoms with van der Waals surface area (Å²) in [7, 11) is 0. The number of nitrogens with one attached hydrogen (secondary N) is 2. The van der Waals surface area contributed by atoms with Crippen LogP contribution in [0, 0.1) is 13.8 Å². The van der Waals surface area contributed by atoms with Gasteiger partial charge in [-0.15, -0.1) is 0 Å². The molecule has 0 fully saturated rings. The van der Waals surface area contributed by atoms with Crippen molar-refractivity contribution < 1.29 is 29.6 Å². The molecule has 8 heteroatoms. The summed E-state index contributed by atoms with van der Waals surface area (Å²) in [5.74, 6) is -2.15. The monoisotopic (exact) mass is 374 g/mol. The number of hydrogen-bond acceptors (Lipinski definition) is 6. The van der Waals surface area contributed by atoms with E-state index < -0.39 is 23.2 Å². The normalized spacial score (nSPS) is 10.3. The molecule has 5 N–H and O–H groups in total. The molecule has 0 unspecified atom stereocenters. The second-order valence-electron chi connectivity index (χ2n) is 6.03. The van der Waals surface area contributed by atoms with Crippen LogP contribution in [-0.4, -0.2) is 46.8 Å². The maximum Gasteiger partial charge on any atom is 0.258 e. The van der Waals surface area contributed by atoms with Crippen LogP contribution in [0.4, 0.5) is 0 Å². The van der Waals surface area contributed by atoms with E-state index in [1.54, 1.807) is 6.07 Å². The number of amides is 2. The van der Waals surface area contributed by atoms with Gasteiger partial charge in [-0.05, 0) is 37.6 Å². The van der Waals surface area contributed by atoms with Gasteiger partial charge < -0.3 is 30.7 Å². The van der Waals surface area contributed by atoms with Crippen molar-refractivity contribution in [1.29, 1.82) is 0 Å². The molecule has 0 saturated heterocycles. The lowest BCUT2D eigenvalue weighted by Crippen LogP contribution is -2.36. The molecule has 27 heavy (non-hydrogen) atoms. The van der Waals surface area contributed by atoms with Gasteiger partial charge in [-0.3, -0.25) is 9.59 Å². The number of hydrogen-bond donors (Lipinski definition) is 5. The van der Waals surface area contributed by atoms with Gasteiger partial charge in [0.05, 0.1) is 0 Å². The number of ether oxygens (including phenoxy) is 1. The Bertz CT molecular complexity index is 827. The van der Waals surface area contributed by atoms with E-state index in [0.717, 1.165) is 23.3 Å². The van der Waals surface area contributed by atoms with E-state index in [9.17, 15) is 24.9 Å². The van der Waals surface area contributed by atoms with Crippen molar-refractivity contribution in [3.8, 4) is 23.0 Å². The molecule has 2 amide bonds. The lowest BCUT2D eigenvalue weighted by molar-refractivity contribution is -0.123. The number of benzene rings is 2. The van der Waals surface area contributed by atoms with Crippen molar-refractivity contribution in [2.45, 2.75) is 13.8 Å². The third-order valence-electron chi connectivity index (χ3n) is 3.75. The molecule has 144 valence electrons. The summed E-state index contributed by atoms with van der Waals surface area (Å²) >= 11 is 0. The molecule has 0 atom stereocenters. The number of aryl methyl sites for hydroxylation is 2. The maximum absolute atomic E-state index is 11.9. The highest BCUT2D eigenvalue weighted by molar-refractivity contribution is 5.95. The van der Waals surface area contributed by atoms with Crippen LogP contribution >= 0.6 is 0 Å². The van der Waals surface area contributed by atoms with E-state index in [1.807, 2.05) is 26.0 Å². The van der Waals surface area contributed by atoms with E-state index in [1.165, 1.54) is 0 Å². The maximum atomic E-state index is 11.9. The lowest BCUT2D eigenvalue weighted by atomic mass is 10.1. The second-order valence-corrected chi connectivity index (χ2v) is 6.03. The third-order valence-corrected chi connectivity index (χ3v) is 3.75. The van der Waals surface area contributed by atoms with E-state index >= 15 is 0 Å². The van der Waals surface area contributed by atoms with Gasteiger partial charge in [-0.2, -0.15) is 0 Å². The Balaban J connectivity index is 1.73. The first-order chi connectivity index (χ1) is 12.8. The average Bonchev–Trinajstić information content (AvgIpc) is 2.62. The lowest BCUT2D eigenvalue weighted by Gasteiger charge is -2.11. The Morgan fingerprint density at radius 1 is 0.963 bits per heavy atom. The van der Waals surface area contributed by atoms with E-state index in [-0.39, 0.29) is 31.2 Å². The Morgan fingerprint density at radius 3 is 2.22 bits per heavy atom. The molecular weight excluding hydrogens is 352 g/mol. The van der Waals surface area contributed by atoms with Crippen LogP contribution in [0.1, 0.15) is 21.5 Å². The minimum absolute atomic E-state index is 0.0210. The minimum atomic E-state index is -0.692. The van der Waals surface area contributed by atoms with Gasteiger partial charge in [0.1, 0.15) is 5.75 Å². The zero-order valence-corrected chi connectivity index (χ0v) is 15.1. The van der Waals surface area contributed by atoms with Gasteiger partial charge in [0.25, 0.3) is 11.8 Å². The van der Waals surface area contributed by atoms with Crippen LogP contribution in [0.15, 0.2) is 30.3 Å². The van der Waals surface area contributed by atoms with Gasteiger partial charge in [0.15, 0.2) is 23.9 Å². The first kappa shape index (κ1) is 19.9. The molecule has 8 nitrogen and oxygen atoms in total. The molecule has 2 aromatic rings. The molecule has 0 heterocycles. The molecular formula is C19H22N2O6. The molecule has 0 aliphatic rings. The van der Waals surface area contributed by atoms with Crippen LogP contribution in [0.5, 0.6) is 23.0 Å². The fourth-order valence-corrected chi connectivity index (χ4v) is 2.37. The first-order valence-electron chi connectivity index (χ1n) is 8.28. The quantitative estimate of drug-likeness (QED) is 0.368. The van der Waals surface area contributed by atoms with Crippen molar-refractivity contribution in [1.82, 2.24) is 10.6 Å². The van der Waals surface area contributed by atoms with Crippen molar-refractivity contribution in [2.75, 3.05) is 19.7 Å². The summed E-state index contributed by atoms with van der Waals surface area (Å²) in [6.07, 6.45) is 0. The van der Waals surface area contributed by atoms with Crippen molar-refractivity contribution in [2.24, 2.45) is 0 Å². The molecule has 0 aromatic heterocycles. The summed E-state index contributed by atoms with van der Waals surface area (Å²) in [5.41, 5.74) is 2.03. The molecule has 0 aliphatic carbocycles. The standard InChI is InChI=1S/C19H22N2O6/c1-11-3-4-16(12(2)7-11)27-10-17(24)20-5-6-21-19(26)13-8-14(22)18(25)15(23)9-13/h3-4,7-9,22-23,25H,5-6,10H2,1-2H3,(H,20,24)(H,21,26). The van der Waals surface area contributed by atoms with Crippen LogP contribution in [0.2, 0.25) is 0 Å². The zero-order valence-electron chi connectivity index (χ0n) is 15.1. The highest BCUT2D eigenvalue weighted by atomic mass is 16.5. The fraction of sp³-hybridized carbons (Fsp3) is 0.263. The molecule has 0 aliphatic heterocycles. The molecule has 0 radical (unpaired) electrons. The second kappa shape index (κ2) is 8.79. The highest BCUT2D eigenvalue weighted by Crippen LogP contribution is 2.35. The predicted molar refractivity (Wildman–Crippen MR) is 98.2 cm³/mol. The number of aromatic hydroxyl groups is 3. The number of carbonyl (C=O) groups is 2. The topological polar surface area (TPSA) is 128 Å². The zero-order chi connectivity index (χ0) is 20.0. The Labute approximate surface area is 156 Å². The van der Waals surface area contributed by atoms with Gasteiger partial charge in [-0.25, -0.2) is 0 Å². The average molecular weight is 374 g/mol. The summed E-state index contributed by atoms with van der Waals surface area (Å²) in [5, 5.41) is 33.2. The van der Waals surface area contributed by atoms with E-state index in [2.05, 4.69) is 10.6 Å². The van der Waals surface area contributed by atoms with E-state index in [4.69, 9.17) is 4.74 Å². The number of carbonyl (C=O) groups excluding carboxylic acids is 2. The van der Waals surface area contributed by atoms with Gasteiger partial charge >= 0.3 is 0 Å². The molecule has 2 aromatic carbocycles. The van der Waals surface area contributed by atoms with Crippen molar-refractivity contribution in [3.63, 3.8) is 0 Å². The molecule has 0 spiro atoms. The van der Waals surface area contributed by atoms with Crippen LogP contribution in [0.3, 0.4) is 0 Å². The smallest absolute Gasteiger partial charge is 0.258 e. The van der Waals surface area contributed by atoms with Gasteiger partial charge in [0, 0.05) is 18.7 Å². The molecule has 2 rings (SSSR count). The first-order valence-corrected chi connectivity index (χ1v) is 8.28. The van der Waals surface area contributed by atoms with E-state index in [0.29, 0.717) is 5.75 Å². The van der Waals surface area contributed by atoms with Crippen LogP contribution in [-0.2, 0) is 4.79 Å². The highest BCUT2D eigenvalue weighted by Gasteiger charge is 2.13. The summed E-state index contributed by atoms with van der Waals surface area (Å²) in [4.78, 5) is 23.7. The molecule has 0 saturated carbocycles. The van der Waals surface area contributed by atoms with Crippen LogP contribution < -0.4 is 15.4 Å².